The number of Topliss-reactive ketones (excluding diaryl/α,β-unsaturated/α-hetero) is 1. The topological polar surface area (TPSA) is 94.8 Å². The summed E-state index contributed by atoms with van der Waals surface area (Å²) in [5, 5.41) is 27.6. The Balaban J connectivity index is 2.43. The first-order valence-electron chi connectivity index (χ1n) is 10.9. The van der Waals surface area contributed by atoms with Crippen LogP contribution in [0.1, 0.15) is 77.6 Å². The average molecular weight is 395 g/mol. The molecule has 3 N–H and O–H groups in total. The zero-order valence-electron chi connectivity index (χ0n) is 17.3. The minimum Gasteiger partial charge on any atom is -0.479 e. The maximum atomic E-state index is 12.4. The van der Waals surface area contributed by atoms with Gasteiger partial charge in [0.2, 0.25) is 0 Å². The summed E-state index contributed by atoms with van der Waals surface area (Å²) in [5.41, 5.74) is 0. The third kappa shape index (κ3) is 9.16. The number of carboxylic acid groups (broad SMARTS) is 1. The fourth-order valence-electron chi connectivity index (χ4n) is 3.89. The molecule has 160 valence electrons. The summed E-state index contributed by atoms with van der Waals surface area (Å²) in [6.07, 6.45) is 17.0. The van der Waals surface area contributed by atoms with Crippen LogP contribution in [0.15, 0.2) is 24.3 Å². The molecule has 0 aromatic heterocycles. The van der Waals surface area contributed by atoms with Gasteiger partial charge in [0.25, 0.3) is 0 Å². The van der Waals surface area contributed by atoms with Crippen LogP contribution in [0.2, 0.25) is 0 Å². The smallest absolute Gasteiger partial charge is 0.332 e. The lowest BCUT2D eigenvalue weighted by Crippen LogP contribution is -2.18. The lowest BCUT2D eigenvalue weighted by molar-refractivity contribution is -0.146. The van der Waals surface area contributed by atoms with Gasteiger partial charge < -0.3 is 15.3 Å². The highest BCUT2D eigenvalue weighted by atomic mass is 16.4. The van der Waals surface area contributed by atoms with Crippen LogP contribution in [0.4, 0.5) is 0 Å². The largest absolute Gasteiger partial charge is 0.479 e. The van der Waals surface area contributed by atoms with E-state index in [1.165, 1.54) is 38.5 Å². The van der Waals surface area contributed by atoms with Crippen LogP contribution in [0, 0.1) is 17.8 Å². The number of carbonyl (C=O) groups is 2. The van der Waals surface area contributed by atoms with Crippen molar-refractivity contribution in [2.24, 2.45) is 17.8 Å². The average Bonchev–Trinajstić information content (AvgIpc) is 2.98. The van der Waals surface area contributed by atoms with Crippen molar-refractivity contribution in [3.05, 3.63) is 24.3 Å². The fraction of sp³-hybridized carbons (Fsp3) is 0.739. The Morgan fingerprint density at radius 2 is 1.82 bits per heavy atom. The molecule has 1 aliphatic carbocycles. The van der Waals surface area contributed by atoms with Crippen molar-refractivity contribution in [2.45, 2.75) is 83.7 Å². The molecule has 0 spiro atoms. The van der Waals surface area contributed by atoms with E-state index in [-0.39, 0.29) is 36.6 Å². The zero-order valence-corrected chi connectivity index (χ0v) is 17.3. The maximum Gasteiger partial charge on any atom is 0.332 e. The first-order valence-corrected chi connectivity index (χ1v) is 10.9. The lowest BCUT2D eigenvalue weighted by Gasteiger charge is -2.18. The first-order chi connectivity index (χ1) is 13.5. The second kappa shape index (κ2) is 14.5. The number of hydrogen-bond donors (Lipinski definition) is 3. The Morgan fingerprint density at radius 1 is 1.11 bits per heavy atom. The van der Waals surface area contributed by atoms with Gasteiger partial charge in [0.05, 0.1) is 0 Å². The number of aliphatic carboxylic acids is 1. The summed E-state index contributed by atoms with van der Waals surface area (Å²) < 4.78 is 0. The molecule has 4 atom stereocenters. The molecule has 0 aromatic carbocycles. The molecule has 1 rings (SSSR count). The lowest BCUT2D eigenvalue weighted by atomic mass is 9.86. The molecule has 5 nitrogen and oxygen atoms in total. The molecular formula is C23H38O5. The number of aliphatic hydroxyl groups is 2. The second-order valence-electron chi connectivity index (χ2n) is 7.92. The molecular weight excluding hydrogens is 356 g/mol. The van der Waals surface area contributed by atoms with Crippen molar-refractivity contribution in [3.8, 4) is 0 Å². The Bertz CT molecular complexity index is 511. The second-order valence-corrected chi connectivity index (χ2v) is 7.92. The maximum absolute atomic E-state index is 12.4. The molecule has 0 heterocycles. The van der Waals surface area contributed by atoms with Gasteiger partial charge in [-0.1, -0.05) is 63.3 Å². The molecule has 1 aliphatic rings. The zero-order chi connectivity index (χ0) is 20.8. The van der Waals surface area contributed by atoms with E-state index >= 15 is 0 Å². The van der Waals surface area contributed by atoms with Crippen molar-refractivity contribution in [1.82, 2.24) is 0 Å². The number of allylic oxidation sites excluding steroid dienone is 4. The van der Waals surface area contributed by atoms with Gasteiger partial charge in [-0.3, -0.25) is 4.79 Å². The van der Waals surface area contributed by atoms with E-state index in [1.54, 1.807) is 0 Å². The van der Waals surface area contributed by atoms with Crippen LogP contribution < -0.4 is 0 Å². The molecule has 0 radical (unpaired) electrons. The monoisotopic (exact) mass is 394 g/mol. The van der Waals surface area contributed by atoms with Gasteiger partial charge in [-0.05, 0) is 43.9 Å². The number of carbonyl (C=O) groups excluding carboxylic acids is 1. The highest BCUT2D eigenvalue weighted by molar-refractivity contribution is 5.84. The highest BCUT2D eigenvalue weighted by Gasteiger charge is 2.39. The van der Waals surface area contributed by atoms with E-state index in [9.17, 15) is 19.8 Å². The van der Waals surface area contributed by atoms with E-state index in [0.717, 1.165) is 6.42 Å². The summed E-state index contributed by atoms with van der Waals surface area (Å²) in [6.45, 7) is 2.25. The molecule has 0 amide bonds. The van der Waals surface area contributed by atoms with Crippen molar-refractivity contribution in [3.63, 3.8) is 0 Å². The number of carboxylic acids is 1. The van der Waals surface area contributed by atoms with E-state index in [4.69, 9.17) is 5.11 Å². The van der Waals surface area contributed by atoms with Gasteiger partial charge in [-0.25, -0.2) is 4.79 Å². The van der Waals surface area contributed by atoms with Gasteiger partial charge in [0.15, 0.2) is 6.10 Å². The summed E-state index contributed by atoms with van der Waals surface area (Å²) in [7, 11) is 0. The van der Waals surface area contributed by atoms with E-state index < -0.39 is 12.1 Å². The summed E-state index contributed by atoms with van der Waals surface area (Å²) in [6, 6.07) is 0. The van der Waals surface area contributed by atoms with Crippen LogP contribution in [-0.4, -0.2) is 39.8 Å². The van der Waals surface area contributed by atoms with E-state index in [2.05, 4.69) is 19.1 Å². The summed E-state index contributed by atoms with van der Waals surface area (Å²) >= 11 is 0. The van der Waals surface area contributed by atoms with Crippen molar-refractivity contribution >= 4 is 11.8 Å². The van der Waals surface area contributed by atoms with Crippen LogP contribution in [0.5, 0.6) is 0 Å². The minimum atomic E-state index is -1.34. The normalized spacial score (nSPS) is 23.8. The molecule has 0 aliphatic heterocycles. The summed E-state index contributed by atoms with van der Waals surface area (Å²) in [5.74, 6) is -1.05. The minimum absolute atomic E-state index is 0.000497. The van der Waals surface area contributed by atoms with Crippen LogP contribution in [0.3, 0.4) is 0 Å². The number of hydrogen-bond acceptors (Lipinski definition) is 4. The van der Waals surface area contributed by atoms with Gasteiger partial charge in [0.1, 0.15) is 5.78 Å². The van der Waals surface area contributed by atoms with E-state index in [0.29, 0.717) is 19.3 Å². The predicted octanol–water partition coefficient (Wildman–Crippen LogP) is 4.28. The first kappa shape index (κ1) is 24.6. The van der Waals surface area contributed by atoms with Crippen molar-refractivity contribution in [1.29, 1.82) is 0 Å². The molecule has 0 aromatic rings. The third-order valence-electron chi connectivity index (χ3n) is 5.65. The number of aliphatic hydroxyl groups excluding tert-OH is 2. The van der Waals surface area contributed by atoms with Gasteiger partial charge in [0, 0.05) is 18.9 Å². The Labute approximate surface area is 169 Å². The molecule has 28 heavy (non-hydrogen) atoms. The Hall–Kier alpha value is -1.46. The van der Waals surface area contributed by atoms with Gasteiger partial charge in [-0.15, -0.1) is 0 Å². The van der Waals surface area contributed by atoms with Crippen LogP contribution in [0.25, 0.3) is 0 Å². The quantitative estimate of drug-likeness (QED) is 0.285. The van der Waals surface area contributed by atoms with Gasteiger partial charge >= 0.3 is 5.97 Å². The molecule has 1 fully saturated rings. The van der Waals surface area contributed by atoms with Crippen molar-refractivity contribution < 1.29 is 24.9 Å². The Morgan fingerprint density at radius 3 is 2.50 bits per heavy atom. The molecule has 5 heteroatoms. The molecule has 0 saturated heterocycles. The SMILES string of the molecule is CCCCCCCC/C=C/[C@H]1[C@H](CO)CC(=O)[C@@H]1C/C=C\CCC(O)C(=O)O. The van der Waals surface area contributed by atoms with Gasteiger partial charge in [-0.2, -0.15) is 0 Å². The van der Waals surface area contributed by atoms with Crippen LogP contribution >= 0.6 is 0 Å². The van der Waals surface area contributed by atoms with E-state index in [1.807, 2.05) is 12.2 Å². The number of rotatable bonds is 15. The van der Waals surface area contributed by atoms with Crippen molar-refractivity contribution in [2.75, 3.05) is 6.61 Å². The summed E-state index contributed by atoms with van der Waals surface area (Å²) in [4.78, 5) is 22.9. The molecule has 1 saturated carbocycles. The Kier molecular flexibility index (Phi) is 12.8. The standard InChI is InChI=1S/C23H38O5/c1-2-3-4-5-6-7-8-10-13-19-18(17-24)16-22(26)20(19)14-11-9-12-15-21(25)23(27)28/h9-11,13,18-21,24-25H,2-8,12,14-17H2,1H3,(H,27,28)/b11-9-,13-10+/t18-,19-,20+,21?/m0/s1. The highest BCUT2D eigenvalue weighted by Crippen LogP contribution is 2.37. The van der Waals surface area contributed by atoms with Crippen LogP contribution in [-0.2, 0) is 9.59 Å². The predicted molar refractivity (Wildman–Crippen MR) is 111 cm³/mol. The molecule has 0 bridgehead atoms. The number of ketones is 1. The number of unbranched alkanes of at least 4 members (excludes halogenated alkanes) is 6. The fourth-order valence-corrected chi connectivity index (χ4v) is 3.89. The third-order valence-corrected chi connectivity index (χ3v) is 5.65. The molecule has 1 unspecified atom stereocenters.